The molecule has 0 saturated carbocycles. The highest BCUT2D eigenvalue weighted by atomic mass is 16.5. The van der Waals surface area contributed by atoms with Gasteiger partial charge in [-0.1, -0.05) is 140 Å². The zero-order chi connectivity index (χ0) is 45.6. The molecule has 66 heavy (non-hydrogen) atoms. The summed E-state index contributed by atoms with van der Waals surface area (Å²) in [7, 11) is 2.56. The topological polar surface area (TPSA) is 175 Å². The van der Waals surface area contributed by atoms with Crippen LogP contribution in [0.15, 0.2) is 152 Å². The van der Waals surface area contributed by atoms with Gasteiger partial charge in [-0.05, 0) is 64.6 Å². The van der Waals surface area contributed by atoms with Crippen molar-refractivity contribution in [2.75, 3.05) is 20.8 Å². The van der Waals surface area contributed by atoms with Crippen molar-refractivity contribution in [3.8, 4) is 33.6 Å². The number of nitrogens with one attached hydrogen (secondary N) is 4. The summed E-state index contributed by atoms with van der Waals surface area (Å²) in [6.45, 7) is 0.545. The molecule has 14 nitrogen and oxygen atoms in total. The first kappa shape index (κ1) is 43.3. The molecule has 7 aromatic rings. The van der Waals surface area contributed by atoms with Gasteiger partial charge in [0.1, 0.15) is 23.7 Å². The number of amides is 4. The molecule has 2 aliphatic rings. The fourth-order valence-electron chi connectivity index (χ4n) is 9.23. The van der Waals surface area contributed by atoms with Crippen LogP contribution in [0.2, 0.25) is 0 Å². The van der Waals surface area contributed by atoms with E-state index in [1.807, 2.05) is 108 Å². The van der Waals surface area contributed by atoms with E-state index >= 15 is 0 Å². The summed E-state index contributed by atoms with van der Waals surface area (Å²) in [4.78, 5) is 73.6. The molecular weight excluding hydrogens is 833 g/mol. The molecule has 4 N–H and O–H groups in total. The monoisotopic (exact) mass is 882 g/mol. The standard InChI is InChI=1S/C52H50N8O6/c1-65-51(63)57-45(38-15-8-4-9-16-38)49(61)59-30-12-19-43(59)47-53-31-40(55-47)35-24-20-33(21-25-35)34-22-26-36(27-23-34)41-32-54-48(56-41)44-29-28-42(37-13-6-3-7-14-37)60(44)50(62)46(58-52(64)66-2)39-17-10-5-11-18-39/h3-11,13-18,20-27,31-32,42-46H,12,19,28-30H2,1-2H3,(H,53,55)(H,54,56)(H,57,63)(H,58,64)/t42-,43?,44+,45-,46-/m1/s1. The van der Waals surface area contributed by atoms with Crippen LogP contribution in [0.25, 0.3) is 33.6 Å². The molecule has 2 aromatic heterocycles. The van der Waals surface area contributed by atoms with Gasteiger partial charge < -0.3 is 39.9 Å². The Labute approximate surface area is 382 Å². The maximum Gasteiger partial charge on any atom is 0.407 e. The first-order valence-electron chi connectivity index (χ1n) is 22.1. The molecule has 5 atom stereocenters. The number of H-pyrrole nitrogens is 2. The summed E-state index contributed by atoms with van der Waals surface area (Å²) < 4.78 is 9.78. The lowest BCUT2D eigenvalue weighted by Gasteiger charge is -2.33. The maximum atomic E-state index is 14.7. The number of alkyl carbamates (subject to hydrolysis) is 2. The van der Waals surface area contributed by atoms with Gasteiger partial charge in [-0.15, -0.1) is 0 Å². The third kappa shape index (κ3) is 9.03. The Kier molecular flexibility index (Phi) is 12.7. The second-order valence-electron chi connectivity index (χ2n) is 16.4. The molecule has 4 heterocycles. The lowest BCUT2D eigenvalue weighted by atomic mass is 10.0. The quantitative estimate of drug-likeness (QED) is 0.0939. The highest BCUT2D eigenvalue weighted by molar-refractivity contribution is 5.88. The Morgan fingerprint density at radius 3 is 1.48 bits per heavy atom. The van der Waals surface area contributed by atoms with Gasteiger partial charge in [-0.25, -0.2) is 19.6 Å². The number of carbonyl (C=O) groups excluding carboxylic acids is 4. The third-order valence-electron chi connectivity index (χ3n) is 12.6. The van der Waals surface area contributed by atoms with Gasteiger partial charge in [0.05, 0.1) is 56.1 Å². The molecule has 2 aliphatic heterocycles. The van der Waals surface area contributed by atoms with Crippen LogP contribution in [0.1, 0.15) is 84.2 Å². The minimum atomic E-state index is -0.962. The number of aromatic nitrogens is 4. The number of hydrogen-bond acceptors (Lipinski definition) is 8. The molecular formula is C52H50N8O6. The third-order valence-corrected chi connectivity index (χ3v) is 12.6. The highest BCUT2D eigenvalue weighted by Crippen LogP contribution is 2.45. The van der Waals surface area contributed by atoms with Gasteiger partial charge in [-0.2, -0.15) is 0 Å². The predicted molar refractivity (Wildman–Crippen MR) is 248 cm³/mol. The fraction of sp³-hybridized carbons (Fsp3) is 0.231. The molecule has 1 unspecified atom stereocenters. The second-order valence-corrected chi connectivity index (χ2v) is 16.4. The van der Waals surface area contributed by atoms with E-state index in [4.69, 9.17) is 19.4 Å². The minimum Gasteiger partial charge on any atom is -0.453 e. The number of methoxy groups -OCH3 is 2. The second kappa shape index (κ2) is 19.4. The van der Waals surface area contributed by atoms with Crippen molar-refractivity contribution in [1.29, 1.82) is 0 Å². The number of rotatable bonds is 12. The van der Waals surface area contributed by atoms with E-state index in [9.17, 15) is 19.2 Å². The molecule has 4 amide bonds. The number of aromatic amines is 2. The number of ether oxygens (including phenoxy) is 2. The SMILES string of the molecule is COC(=O)N[C@@H](C(=O)N1CCCC1c1ncc(-c2ccc(-c3ccc(-c4cnc([C@@H]5CC[C@H](c6ccccc6)N5C(=O)[C@H](NC(=O)OC)c5ccccc5)[nH]4)cc3)cc2)[nH]1)c1ccccc1. The van der Waals surface area contributed by atoms with Gasteiger partial charge >= 0.3 is 12.2 Å². The Morgan fingerprint density at radius 2 is 0.985 bits per heavy atom. The lowest BCUT2D eigenvalue weighted by Crippen LogP contribution is -2.43. The molecule has 334 valence electrons. The van der Waals surface area contributed by atoms with Crippen LogP contribution < -0.4 is 10.6 Å². The summed E-state index contributed by atoms with van der Waals surface area (Å²) in [5.74, 6) is 0.892. The predicted octanol–water partition coefficient (Wildman–Crippen LogP) is 9.40. The number of likely N-dealkylation sites (tertiary alicyclic amines) is 2. The Balaban J connectivity index is 0.898. The van der Waals surface area contributed by atoms with E-state index in [-0.39, 0.29) is 29.9 Å². The first-order valence-corrected chi connectivity index (χ1v) is 22.1. The summed E-state index contributed by atoms with van der Waals surface area (Å²) in [5.41, 5.74) is 7.96. The van der Waals surface area contributed by atoms with Crippen molar-refractivity contribution < 1.29 is 28.7 Å². The summed E-state index contributed by atoms with van der Waals surface area (Å²) >= 11 is 0. The average Bonchev–Trinajstić information content (AvgIpc) is 4.23. The lowest BCUT2D eigenvalue weighted by molar-refractivity contribution is -0.137. The van der Waals surface area contributed by atoms with Crippen LogP contribution in [0.3, 0.4) is 0 Å². The average molecular weight is 883 g/mol. The van der Waals surface area contributed by atoms with Crippen molar-refractivity contribution in [1.82, 2.24) is 40.4 Å². The highest BCUT2D eigenvalue weighted by Gasteiger charge is 2.43. The van der Waals surface area contributed by atoms with Crippen LogP contribution >= 0.6 is 0 Å². The van der Waals surface area contributed by atoms with Crippen LogP contribution in [0.4, 0.5) is 9.59 Å². The Bertz CT molecular complexity index is 2780. The molecule has 5 aromatic carbocycles. The molecule has 0 spiro atoms. The van der Waals surface area contributed by atoms with Crippen LogP contribution in [-0.2, 0) is 19.1 Å². The normalized spacial score (nSPS) is 17.8. The van der Waals surface area contributed by atoms with E-state index < -0.39 is 24.3 Å². The van der Waals surface area contributed by atoms with Gasteiger partial charge in [0, 0.05) is 6.54 Å². The van der Waals surface area contributed by atoms with Crippen molar-refractivity contribution >= 4 is 24.0 Å². The fourth-order valence-corrected chi connectivity index (χ4v) is 9.23. The number of carbonyl (C=O) groups is 4. The van der Waals surface area contributed by atoms with Crippen molar-refractivity contribution in [2.45, 2.75) is 55.9 Å². The van der Waals surface area contributed by atoms with Gasteiger partial charge in [0.2, 0.25) is 0 Å². The molecule has 0 bridgehead atoms. The van der Waals surface area contributed by atoms with E-state index in [1.54, 1.807) is 17.3 Å². The summed E-state index contributed by atoms with van der Waals surface area (Å²) in [6, 6.07) is 42.1. The minimum absolute atomic E-state index is 0.219. The first-order chi connectivity index (χ1) is 32.3. The van der Waals surface area contributed by atoms with Gasteiger partial charge in [-0.3, -0.25) is 9.59 Å². The molecule has 0 radical (unpaired) electrons. The maximum absolute atomic E-state index is 14.7. The van der Waals surface area contributed by atoms with E-state index in [0.717, 1.165) is 58.5 Å². The Hall–Kier alpha value is -8.00. The van der Waals surface area contributed by atoms with Gasteiger partial charge in [0.25, 0.3) is 11.8 Å². The van der Waals surface area contributed by atoms with Crippen molar-refractivity contribution in [3.63, 3.8) is 0 Å². The van der Waals surface area contributed by atoms with Gasteiger partial charge in [0.15, 0.2) is 0 Å². The summed E-state index contributed by atoms with van der Waals surface area (Å²) in [5, 5.41) is 5.50. The van der Waals surface area contributed by atoms with Crippen LogP contribution in [0, 0.1) is 0 Å². The van der Waals surface area contributed by atoms with Crippen molar-refractivity contribution in [2.24, 2.45) is 0 Å². The van der Waals surface area contributed by atoms with E-state index in [2.05, 4.69) is 57.0 Å². The smallest absolute Gasteiger partial charge is 0.407 e. The zero-order valence-corrected chi connectivity index (χ0v) is 36.6. The number of benzene rings is 5. The molecule has 14 heteroatoms. The Morgan fingerprint density at radius 1 is 0.545 bits per heavy atom. The number of hydrogen-bond donors (Lipinski definition) is 4. The van der Waals surface area contributed by atoms with Crippen LogP contribution in [-0.4, -0.2) is 74.5 Å². The van der Waals surface area contributed by atoms with E-state index in [1.165, 1.54) is 14.2 Å². The summed E-state index contributed by atoms with van der Waals surface area (Å²) in [6.07, 6.45) is 5.18. The molecule has 2 fully saturated rings. The van der Waals surface area contributed by atoms with Crippen molar-refractivity contribution in [3.05, 3.63) is 180 Å². The number of imidazole rings is 2. The van der Waals surface area contributed by atoms with E-state index in [0.29, 0.717) is 35.7 Å². The zero-order valence-electron chi connectivity index (χ0n) is 36.6. The number of nitrogens with zero attached hydrogens (tertiary/aromatic N) is 4. The largest absolute Gasteiger partial charge is 0.453 e. The molecule has 0 aliphatic carbocycles. The van der Waals surface area contributed by atoms with Crippen LogP contribution in [0.5, 0.6) is 0 Å². The molecule has 9 rings (SSSR count). The molecule has 2 saturated heterocycles.